The molecule has 0 aromatic heterocycles. The highest BCUT2D eigenvalue weighted by atomic mass is 19.1. The number of hydrogen-bond acceptors (Lipinski definition) is 3. The molecule has 0 spiro atoms. The summed E-state index contributed by atoms with van der Waals surface area (Å²) >= 11 is 0. The Morgan fingerprint density at radius 2 is 2.13 bits per heavy atom. The van der Waals surface area contributed by atoms with Crippen molar-refractivity contribution in [1.29, 1.82) is 0 Å². The monoisotopic (exact) mass is 315 g/mol. The summed E-state index contributed by atoms with van der Waals surface area (Å²) in [6.45, 7) is 3.89. The molecule has 122 valence electrons. The molecule has 4 heteroatoms. The molecule has 1 unspecified atom stereocenters. The average molecular weight is 315 g/mol. The maximum absolute atomic E-state index is 13.6. The molecule has 0 fully saturated rings. The quantitative estimate of drug-likeness (QED) is 0.880. The van der Waals surface area contributed by atoms with Crippen molar-refractivity contribution in [3.8, 4) is 5.75 Å². The minimum absolute atomic E-state index is 0.219. The third kappa shape index (κ3) is 3.71. The topological polar surface area (TPSA) is 30.5 Å². The van der Waals surface area contributed by atoms with Gasteiger partial charge in [0, 0.05) is 31.7 Å². The first kappa shape index (κ1) is 16.0. The molecule has 0 bridgehead atoms. The number of nitrogens with one attached hydrogen (secondary N) is 1. The second kappa shape index (κ2) is 7.11. The number of fused-ring (bicyclic) bond motifs is 1. The van der Waals surface area contributed by atoms with Gasteiger partial charge in [-0.25, -0.2) is 4.39 Å². The molecule has 1 aliphatic rings. The number of halogens is 1. The zero-order valence-electron chi connectivity index (χ0n) is 13.6. The van der Waals surface area contributed by atoms with Gasteiger partial charge in [-0.05, 0) is 41.8 Å². The van der Waals surface area contributed by atoms with E-state index >= 15 is 0 Å². The van der Waals surface area contributed by atoms with Crippen molar-refractivity contribution < 1.29 is 13.9 Å². The first-order valence-corrected chi connectivity index (χ1v) is 7.92. The van der Waals surface area contributed by atoms with Crippen molar-refractivity contribution in [1.82, 2.24) is 5.32 Å². The molecule has 0 saturated carbocycles. The first-order valence-electron chi connectivity index (χ1n) is 7.92. The summed E-state index contributed by atoms with van der Waals surface area (Å²) in [6.07, 6.45) is 0.980. The lowest BCUT2D eigenvalue weighted by Gasteiger charge is -2.16. The summed E-state index contributed by atoms with van der Waals surface area (Å²) in [5, 5.41) is 3.49. The summed E-state index contributed by atoms with van der Waals surface area (Å²) in [4.78, 5) is 0. The lowest BCUT2D eigenvalue weighted by molar-refractivity contribution is 0.181. The smallest absolute Gasteiger partial charge is 0.128 e. The largest absolute Gasteiger partial charge is 0.493 e. The summed E-state index contributed by atoms with van der Waals surface area (Å²) in [7, 11) is 1.57. The molecule has 2 aromatic rings. The second-order valence-corrected chi connectivity index (χ2v) is 5.93. The molecule has 1 heterocycles. The van der Waals surface area contributed by atoms with E-state index in [1.807, 2.05) is 18.2 Å². The normalized spacial score (nSPS) is 14.4. The van der Waals surface area contributed by atoms with Gasteiger partial charge >= 0.3 is 0 Å². The van der Waals surface area contributed by atoms with Crippen molar-refractivity contribution in [2.24, 2.45) is 0 Å². The van der Waals surface area contributed by atoms with Crippen LogP contribution in [0.25, 0.3) is 0 Å². The van der Waals surface area contributed by atoms with E-state index in [1.165, 1.54) is 17.2 Å². The van der Waals surface area contributed by atoms with Crippen molar-refractivity contribution in [2.75, 3.05) is 13.7 Å². The van der Waals surface area contributed by atoms with Crippen molar-refractivity contribution in [3.05, 3.63) is 64.5 Å². The van der Waals surface area contributed by atoms with Gasteiger partial charge in [-0.2, -0.15) is 0 Å². The Balaban J connectivity index is 1.64. The van der Waals surface area contributed by atoms with E-state index in [4.69, 9.17) is 9.47 Å². The van der Waals surface area contributed by atoms with Crippen LogP contribution < -0.4 is 10.1 Å². The SMILES string of the molecule is COCc1cc(CNC(C)c2ccc3c(c2)CCO3)ccc1F. The van der Waals surface area contributed by atoms with Crippen LogP contribution in [-0.2, 0) is 24.3 Å². The van der Waals surface area contributed by atoms with Crippen molar-refractivity contribution in [3.63, 3.8) is 0 Å². The van der Waals surface area contributed by atoms with Gasteiger partial charge in [-0.1, -0.05) is 18.2 Å². The molecular weight excluding hydrogens is 293 g/mol. The lowest BCUT2D eigenvalue weighted by Crippen LogP contribution is -2.18. The Morgan fingerprint density at radius 3 is 2.96 bits per heavy atom. The molecule has 23 heavy (non-hydrogen) atoms. The molecule has 3 rings (SSSR count). The number of hydrogen-bond donors (Lipinski definition) is 1. The van der Waals surface area contributed by atoms with Crippen molar-refractivity contribution >= 4 is 0 Å². The van der Waals surface area contributed by atoms with Crippen LogP contribution in [0, 0.1) is 5.82 Å². The average Bonchev–Trinajstić information content (AvgIpc) is 3.03. The third-order valence-corrected chi connectivity index (χ3v) is 4.24. The zero-order chi connectivity index (χ0) is 16.2. The van der Waals surface area contributed by atoms with Gasteiger partial charge in [0.1, 0.15) is 11.6 Å². The van der Waals surface area contributed by atoms with Crippen LogP contribution in [0.4, 0.5) is 4.39 Å². The van der Waals surface area contributed by atoms with E-state index in [0.717, 1.165) is 24.3 Å². The summed E-state index contributed by atoms with van der Waals surface area (Å²) in [6, 6.07) is 11.7. The highest BCUT2D eigenvalue weighted by molar-refractivity contribution is 5.40. The Hall–Kier alpha value is -1.91. The van der Waals surface area contributed by atoms with Crippen LogP contribution >= 0.6 is 0 Å². The third-order valence-electron chi connectivity index (χ3n) is 4.24. The predicted octanol–water partition coefficient (Wildman–Crippen LogP) is 3.76. The summed E-state index contributed by atoms with van der Waals surface area (Å²) in [5.74, 6) is 0.783. The summed E-state index contributed by atoms with van der Waals surface area (Å²) < 4.78 is 24.2. The van der Waals surface area contributed by atoms with E-state index in [9.17, 15) is 4.39 Å². The van der Waals surface area contributed by atoms with Gasteiger partial charge in [-0.15, -0.1) is 0 Å². The van der Waals surface area contributed by atoms with Gasteiger partial charge in [0.05, 0.1) is 13.2 Å². The number of methoxy groups -OCH3 is 1. The molecule has 0 saturated heterocycles. The molecule has 1 N–H and O–H groups in total. The Labute approximate surface area is 136 Å². The van der Waals surface area contributed by atoms with Gasteiger partial charge in [0.2, 0.25) is 0 Å². The van der Waals surface area contributed by atoms with Crippen LogP contribution in [0.15, 0.2) is 36.4 Å². The summed E-state index contributed by atoms with van der Waals surface area (Å²) in [5.41, 5.74) is 4.16. The minimum atomic E-state index is -0.220. The maximum Gasteiger partial charge on any atom is 0.128 e. The fraction of sp³-hybridized carbons (Fsp3) is 0.368. The van der Waals surface area contributed by atoms with Crippen LogP contribution in [0.2, 0.25) is 0 Å². The fourth-order valence-corrected chi connectivity index (χ4v) is 2.87. The van der Waals surface area contributed by atoms with E-state index in [-0.39, 0.29) is 11.9 Å². The first-order chi connectivity index (χ1) is 11.2. The molecule has 1 atom stereocenters. The predicted molar refractivity (Wildman–Crippen MR) is 88.0 cm³/mol. The molecule has 0 amide bonds. The van der Waals surface area contributed by atoms with Gasteiger partial charge in [0.15, 0.2) is 0 Å². The Morgan fingerprint density at radius 1 is 1.26 bits per heavy atom. The van der Waals surface area contributed by atoms with Crippen LogP contribution in [0.1, 0.15) is 35.2 Å². The standard InChI is InChI=1S/C19H22FNO2/c1-13(15-4-6-19-16(10-15)7-8-23-19)21-11-14-3-5-18(20)17(9-14)12-22-2/h3-6,9-10,13,21H,7-8,11-12H2,1-2H3. The van der Waals surface area contributed by atoms with Crippen LogP contribution in [0.5, 0.6) is 5.75 Å². The van der Waals surface area contributed by atoms with E-state index in [1.54, 1.807) is 7.11 Å². The number of ether oxygens (including phenoxy) is 2. The molecule has 2 aromatic carbocycles. The van der Waals surface area contributed by atoms with Gasteiger partial charge < -0.3 is 14.8 Å². The van der Waals surface area contributed by atoms with Gasteiger partial charge in [0.25, 0.3) is 0 Å². The Bertz CT molecular complexity index is 687. The number of rotatable bonds is 6. The highest BCUT2D eigenvalue weighted by Crippen LogP contribution is 2.28. The maximum atomic E-state index is 13.6. The molecule has 1 aliphatic heterocycles. The van der Waals surface area contributed by atoms with E-state index in [0.29, 0.717) is 18.7 Å². The Kier molecular flexibility index (Phi) is 4.94. The molecule has 0 aliphatic carbocycles. The highest BCUT2D eigenvalue weighted by Gasteiger charge is 2.14. The molecular formula is C19H22FNO2. The van der Waals surface area contributed by atoms with Crippen molar-refractivity contribution in [2.45, 2.75) is 32.5 Å². The van der Waals surface area contributed by atoms with Crippen LogP contribution in [-0.4, -0.2) is 13.7 Å². The fourth-order valence-electron chi connectivity index (χ4n) is 2.87. The van der Waals surface area contributed by atoms with E-state index in [2.05, 4.69) is 24.4 Å². The van der Waals surface area contributed by atoms with E-state index < -0.39 is 0 Å². The molecule has 3 nitrogen and oxygen atoms in total. The number of benzene rings is 2. The zero-order valence-corrected chi connectivity index (χ0v) is 13.6. The van der Waals surface area contributed by atoms with Crippen LogP contribution in [0.3, 0.4) is 0 Å². The molecule has 0 radical (unpaired) electrons. The minimum Gasteiger partial charge on any atom is -0.493 e. The van der Waals surface area contributed by atoms with Gasteiger partial charge in [-0.3, -0.25) is 0 Å². The second-order valence-electron chi connectivity index (χ2n) is 5.93. The lowest BCUT2D eigenvalue weighted by atomic mass is 10.0.